The van der Waals surface area contributed by atoms with Gasteiger partial charge in [0.05, 0.1) is 16.3 Å². The minimum Gasteiger partial charge on any atom is -0.454 e. The number of rotatable bonds is 8. The lowest BCUT2D eigenvalue weighted by molar-refractivity contribution is -0.143. The number of halogens is 2. The van der Waals surface area contributed by atoms with Crippen molar-refractivity contribution in [2.75, 3.05) is 5.75 Å². The van der Waals surface area contributed by atoms with E-state index in [0.717, 1.165) is 16.5 Å². The van der Waals surface area contributed by atoms with Crippen molar-refractivity contribution in [1.82, 2.24) is 4.98 Å². The van der Waals surface area contributed by atoms with Crippen LogP contribution < -0.4 is 4.74 Å². The number of nitrogens with zero attached hydrogens (tertiary/aromatic N) is 1. The van der Waals surface area contributed by atoms with Crippen molar-refractivity contribution in [3.8, 4) is 5.75 Å². The minimum absolute atomic E-state index is 0.00354. The summed E-state index contributed by atoms with van der Waals surface area (Å²) in [5.74, 6) is -1.03. The normalized spacial score (nSPS) is 12.0. The molecule has 0 amide bonds. The molecule has 0 fully saturated rings. The van der Waals surface area contributed by atoms with E-state index in [1.54, 1.807) is 0 Å². The van der Waals surface area contributed by atoms with Crippen molar-refractivity contribution in [1.29, 1.82) is 0 Å². The molecule has 1 heterocycles. The average Bonchev–Trinajstić information content (AvgIpc) is 2.72. The molecule has 156 valence electrons. The Labute approximate surface area is 176 Å². The van der Waals surface area contributed by atoms with Crippen LogP contribution in [0.5, 0.6) is 5.75 Å². The minimum atomic E-state index is -2.94. The molecule has 0 saturated heterocycles. The zero-order valence-corrected chi connectivity index (χ0v) is 17.1. The van der Waals surface area contributed by atoms with Gasteiger partial charge in [-0.2, -0.15) is 8.78 Å². The van der Waals surface area contributed by atoms with Gasteiger partial charge in [-0.1, -0.05) is 30.0 Å². The van der Waals surface area contributed by atoms with Crippen LogP contribution in [0.2, 0.25) is 0 Å². The Morgan fingerprint density at radius 1 is 1.10 bits per heavy atom. The predicted molar refractivity (Wildman–Crippen MR) is 110 cm³/mol. The van der Waals surface area contributed by atoms with Gasteiger partial charge < -0.3 is 9.47 Å². The van der Waals surface area contributed by atoms with Crippen molar-refractivity contribution in [3.63, 3.8) is 0 Å². The molecule has 1 aromatic heterocycles. The number of para-hydroxylation sites is 1. The van der Waals surface area contributed by atoms with Crippen LogP contribution in [0.4, 0.5) is 8.78 Å². The van der Waals surface area contributed by atoms with Gasteiger partial charge in [0.15, 0.2) is 6.10 Å². The number of hydrogen-bond acceptors (Lipinski definition) is 6. The van der Waals surface area contributed by atoms with Crippen molar-refractivity contribution >= 4 is 34.4 Å². The largest absolute Gasteiger partial charge is 0.454 e. The van der Waals surface area contributed by atoms with E-state index in [4.69, 9.17) is 4.74 Å². The number of ether oxygens (including phenoxy) is 2. The van der Waals surface area contributed by atoms with Crippen LogP contribution in [0.25, 0.3) is 10.9 Å². The number of esters is 1. The Kier molecular flexibility index (Phi) is 6.99. The van der Waals surface area contributed by atoms with Gasteiger partial charge in [-0.15, -0.1) is 0 Å². The second-order valence-electron chi connectivity index (χ2n) is 6.48. The molecule has 0 spiro atoms. The number of fused-ring (bicyclic) bond motifs is 1. The molecule has 0 aliphatic heterocycles. The number of pyridine rings is 1. The summed E-state index contributed by atoms with van der Waals surface area (Å²) in [4.78, 5) is 29.1. The third-order valence-electron chi connectivity index (χ3n) is 4.28. The molecule has 0 N–H and O–H groups in total. The summed E-state index contributed by atoms with van der Waals surface area (Å²) in [6.45, 7) is 0.502. The maximum atomic E-state index is 12.4. The molecule has 0 unspecified atom stereocenters. The number of aryl methyl sites for hydroxylation is 1. The topological polar surface area (TPSA) is 65.5 Å². The van der Waals surface area contributed by atoms with Gasteiger partial charge in [0.25, 0.3) is 0 Å². The molecule has 0 aliphatic carbocycles. The monoisotopic (exact) mass is 431 g/mol. The average molecular weight is 431 g/mol. The second-order valence-corrected chi connectivity index (χ2v) is 7.48. The van der Waals surface area contributed by atoms with E-state index < -0.39 is 24.5 Å². The van der Waals surface area contributed by atoms with Gasteiger partial charge in [0, 0.05) is 10.9 Å². The Hall–Kier alpha value is -3.00. The van der Waals surface area contributed by atoms with Crippen LogP contribution >= 0.6 is 11.8 Å². The number of thioether (sulfide) groups is 1. The van der Waals surface area contributed by atoms with E-state index in [1.807, 2.05) is 37.3 Å². The fourth-order valence-electron chi connectivity index (χ4n) is 2.85. The lowest BCUT2D eigenvalue weighted by Crippen LogP contribution is -2.25. The number of Topliss-reactive ketones (excluding diaryl/α,β-unsaturated/α-hetero) is 1. The van der Waals surface area contributed by atoms with Gasteiger partial charge in [-0.05, 0) is 55.8 Å². The number of benzene rings is 2. The highest BCUT2D eigenvalue weighted by Crippen LogP contribution is 2.24. The van der Waals surface area contributed by atoms with E-state index in [-0.39, 0.29) is 17.1 Å². The third kappa shape index (κ3) is 5.54. The maximum absolute atomic E-state index is 12.4. The van der Waals surface area contributed by atoms with Crippen LogP contribution in [0.1, 0.15) is 22.8 Å². The summed E-state index contributed by atoms with van der Waals surface area (Å²) < 4.78 is 33.8. The highest BCUT2D eigenvalue weighted by atomic mass is 32.2. The molecule has 2 aromatic carbocycles. The number of ketones is 1. The molecule has 30 heavy (non-hydrogen) atoms. The van der Waals surface area contributed by atoms with E-state index in [1.165, 1.54) is 43.0 Å². The fraction of sp³-hybridized carbons (Fsp3) is 0.227. The first kappa shape index (κ1) is 21.7. The molecule has 3 rings (SSSR count). The van der Waals surface area contributed by atoms with Crippen LogP contribution in [0.3, 0.4) is 0 Å². The SMILES string of the molecule is Cc1cc(SCC(=O)O[C@@H](C)C(=O)c2ccc(OC(F)F)cc2)nc2ccccc12. The summed E-state index contributed by atoms with van der Waals surface area (Å²) in [7, 11) is 0. The Bertz CT molecular complexity index is 1060. The van der Waals surface area contributed by atoms with E-state index in [9.17, 15) is 18.4 Å². The lowest BCUT2D eigenvalue weighted by atomic mass is 10.1. The summed E-state index contributed by atoms with van der Waals surface area (Å²) in [6, 6.07) is 14.9. The summed E-state index contributed by atoms with van der Waals surface area (Å²) in [5, 5.41) is 1.74. The Balaban J connectivity index is 1.56. The predicted octanol–water partition coefficient (Wildman–Crippen LogP) is 5.05. The highest BCUT2D eigenvalue weighted by molar-refractivity contribution is 7.99. The van der Waals surface area contributed by atoms with Crippen molar-refractivity contribution < 1.29 is 27.8 Å². The quantitative estimate of drug-likeness (QED) is 0.282. The molecule has 0 saturated carbocycles. The van der Waals surface area contributed by atoms with Crippen molar-refractivity contribution in [2.24, 2.45) is 0 Å². The maximum Gasteiger partial charge on any atom is 0.387 e. The molecule has 0 bridgehead atoms. The molecule has 0 aliphatic rings. The summed E-state index contributed by atoms with van der Waals surface area (Å²) in [6.07, 6.45) is -1.01. The number of carbonyl (C=O) groups excluding carboxylic acids is 2. The zero-order valence-electron chi connectivity index (χ0n) is 16.3. The van der Waals surface area contributed by atoms with Crippen molar-refractivity contribution in [2.45, 2.75) is 31.6 Å². The third-order valence-corrected chi connectivity index (χ3v) is 5.16. The molecule has 5 nitrogen and oxygen atoms in total. The Morgan fingerprint density at radius 2 is 1.80 bits per heavy atom. The zero-order chi connectivity index (χ0) is 21.7. The van der Waals surface area contributed by atoms with Crippen LogP contribution in [-0.4, -0.2) is 35.2 Å². The Morgan fingerprint density at radius 3 is 2.50 bits per heavy atom. The fourth-order valence-corrected chi connectivity index (χ4v) is 3.60. The van der Waals surface area contributed by atoms with E-state index in [2.05, 4.69) is 9.72 Å². The van der Waals surface area contributed by atoms with Gasteiger partial charge in [-0.25, -0.2) is 4.98 Å². The number of alkyl halides is 2. The first-order valence-electron chi connectivity index (χ1n) is 9.11. The number of carbonyl (C=O) groups is 2. The lowest BCUT2D eigenvalue weighted by Gasteiger charge is -2.13. The van der Waals surface area contributed by atoms with Gasteiger partial charge in [0.1, 0.15) is 5.75 Å². The van der Waals surface area contributed by atoms with Crippen LogP contribution in [0.15, 0.2) is 59.6 Å². The molecular formula is C22H19F2NO4S. The van der Waals surface area contributed by atoms with Gasteiger partial charge in [-0.3, -0.25) is 9.59 Å². The van der Waals surface area contributed by atoms with Gasteiger partial charge in [0.2, 0.25) is 5.78 Å². The van der Waals surface area contributed by atoms with E-state index >= 15 is 0 Å². The highest BCUT2D eigenvalue weighted by Gasteiger charge is 2.20. The van der Waals surface area contributed by atoms with Crippen LogP contribution in [-0.2, 0) is 9.53 Å². The first-order chi connectivity index (χ1) is 14.3. The van der Waals surface area contributed by atoms with E-state index in [0.29, 0.717) is 5.03 Å². The van der Waals surface area contributed by atoms with Crippen LogP contribution in [0, 0.1) is 6.92 Å². The smallest absolute Gasteiger partial charge is 0.387 e. The summed E-state index contributed by atoms with van der Waals surface area (Å²) >= 11 is 1.23. The molecule has 1 atom stereocenters. The molecular weight excluding hydrogens is 412 g/mol. The molecule has 8 heteroatoms. The van der Waals surface area contributed by atoms with Crippen molar-refractivity contribution in [3.05, 3.63) is 65.7 Å². The standard InChI is InChI=1S/C22H19F2NO4S/c1-13-11-19(25-18-6-4-3-5-17(13)18)30-12-20(26)28-14(2)21(27)15-7-9-16(10-8-15)29-22(23)24/h3-11,14,22H,12H2,1-2H3/t14-/m0/s1. The van der Waals surface area contributed by atoms with Gasteiger partial charge >= 0.3 is 12.6 Å². The molecule has 3 aromatic rings. The number of aromatic nitrogens is 1. The number of hydrogen-bond donors (Lipinski definition) is 0. The molecule has 0 radical (unpaired) electrons. The second kappa shape index (κ2) is 9.67. The first-order valence-corrected chi connectivity index (χ1v) is 10.1. The summed E-state index contributed by atoms with van der Waals surface area (Å²) in [5.41, 5.74) is 2.13.